The summed E-state index contributed by atoms with van der Waals surface area (Å²) in [5, 5.41) is 24.7. The molecule has 19 heavy (non-hydrogen) atoms. The maximum Gasteiger partial charge on any atom is 0.305 e. The predicted molar refractivity (Wildman–Crippen MR) is 63.2 cm³/mol. The first-order valence-electron chi connectivity index (χ1n) is 6.20. The zero-order chi connectivity index (χ0) is 13.2. The van der Waals surface area contributed by atoms with Crippen LogP contribution in [-0.2, 0) is 11.3 Å². The Labute approximate surface area is 109 Å². The van der Waals surface area contributed by atoms with Crippen molar-refractivity contribution in [1.82, 2.24) is 30.0 Å². The van der Waals surface area contributed by atoms with Crippen molar-refractivity contribution in [1.29, 1.82) is 0 Å². The molecule has 1 unspecified atom stereocenters. The minimum Gasteiger partial charge on any atom is -0.481 e. The first-order chi connectivity index (χ1) is 9.24. The van der Waals surface area contributed by atoms with Gasteiger partial charge in [-0.25, -0.2) is 4.68 Å². The van der Waals surface area contributed by atoms with E-state index in [0.717, 1.165) is 12.8 Å². The Bertz CT molecular complexity index is 560. The highest BCUT2D eigenvalue weighted by molar-refractivity contribution is 5.67. The highest BCUT2D eigenvalue weighted by Gasteiger charge is 2.36. The lowest BCUT2D eigenvalue weighted by Crippen LogP contribution is -2.20. The molecule has 0 aliphatic heterocycles. The third kappa shape index (κ3) is 2.61. The summed E-state index contributed by atoms with van der Waals surface area (Å²) in [5.74, 6) is 0.190. The van der Waals surface area contributed by atoms with Gasteiger partial charge in [0.25, 0.3) is 0 Å². The maximum atomic E-state index is 11.0. The number of hydrogen-bond acceptors (Lipinski definition) is 5. The van der Waals surface area contributed by atoms with Crippen molar-refractivity contribution in [3.63, 3.8) is 0 Å². The van der Waals surface area contributed by atoms with Gasteiger partial charge in [-0.15, -0.1) is 5.10 Å². The number of nitrogens with zero attached hydrogens (tertiary/aromatic N) is 6. The second kappa shape index (κ2) is 4.79. The largest absolute Gasteiger partial charge is 0.481 e. The van der Waals surface area contributed by atoms with Gasteiger partial charge in [-0.2, -0.15) is 5.10 Å². The summed E-state index contributed by atoms with van der Waals surface area (Å²) < 4.78 is 3.36. The fourth-order valence-corrected chi connectivity index (χ4v) is 2.23. The van der Waals surface area contributed by atoms with E-state index in [2.05, 4.69) is 20.6 Å². The normalized spacial score (nSPS) is 16.4. The van der Waals surface area contributed by atoms with Gasteiger partial charge in [0.05, 0.1) is 12.5 Å². The van der Waals surface area contributed by atoms with Crippen LogP contribution in [0.2, 0.25) is 0 Å². The van der Waals surface area contributed by atoms with E-state index in [0.29, 0.717) is 18.3 Å². The lowest BCUT2D eigenvalue weighted by Gasteiger charge is -2.15. The summed E-state index contributed by atoms with van der Waals surface area (Å²) in [5.41, 5.74) is 0. The van der Waals surface area contributed by atoms with E-state index >= 15 is 0 Å². The van der Waals surface area contributed by atoms with Crippen molar-refractivity contribution < 1.29 is 9.90 Å². The van der Waals surface area contributed by atoms with Gasteiger partial charge in [0.2, 0.25) is 0 Å². The molecule has 2 heterocycles. The fraction of sp³-hybridized carbons (Fsp3) is 0.545. The summed E-state index contributed by atoms with van der Waals surface area (Å²) in [6.45, 7) is 0.447. The van der Waals surface area contributed by atoms with Crippen LogP contribution in [0.15, 0.2) is 18.5 Å². The fourth-order valence-electron chi connectivity index (χ4n) is 2.23. The highest BCUT2D eigenvalue weighted by atomic mass is 16.4. The van der Waals surface area contributed by atoms with E-state index in [4.69, 9.17) is 5.11 Å². The molecule has 3 rings (SSSR count). The van der Waals surface area contributed by atoms with Crippen LogP contribution < -0.4 is 0 Å². The molecule has 2 aromatic heterocycles. The van der Waals surface area contributed by atoms with Gasteiger partial charge in [0, 0.05) is 12.4 Å². The minimum absolute atomic E-state index is 0.0574. The second-order valence-electron chi connectivity index (χ2n) is 4.75. The molecule has 0 spiro atoms. The van der Waals surface area contributed by atoms with Gasteiger partial charge < -0.3 is 5.11 Å². The average molecular weight is 262 g/mol. The van der Waals surface area contributed by atoms with Crippen molar-refractivity contribution in [2.45, 2.75) is 31.8 Å². The number of aromatic nitrogens is 6. The Balaban J connectivity index is 1.82. The lowest BCUT2D eigenvalue weighted by atomic mass is 10.1. The molecule has 0 aromatic carbocycles. The molecule has 0 saturated heterocycles. The van der Waals surface area contributed by atoms with Crippen LogP contribution in [0.4, 0.5) is 0 Å². The van der Waals surface area contributed by atoms with E-state index < -0.39 is 5.97 Å². The van der Waals surface area contributed by atoms with Crippen LogP contribution in [0.3, 0.4) is 0 Å². The molecule has 1 aliphatic carbocycles. The molecular formula is C11H14N6O2. The standard InChI is InChI=1S/C11H14N6O2/c18-11(19)6-9(8-2-3-8)17-10(13-14-15-17)7-16-5-1-4-12-16/h1,4-5,8-9H,2-3,6-7H2,(H,18,19). The quantitative estimate of drug-likeness (QED) is 0.806. The van der Waals surface area contributed by atoms with Gasteiger partial charge in [0.1, 0.15) is 6.54 Å². The number of tetrazole rings is 1. The number of hydrogen-bond donors (Lipinski definition) is 1. The number of carboxylic acids is 1. The predicted octanol–water partition coefficient (Wildman–Crippen LogP) is 0.344. The Hall–Kier alpha value is -2.25. The van der Waals surface area contributed by atoms with Crippen LogP contribution in [0.5, 0.6) is 0 Å². The molecule has 8 heteroatoms. The van der Waals surface area contributed by atoms with Gasteiger partial charge in [-0.05, 0) is 35.3 Å². The molecule has 0 bridgehead atoms. The third-order valence-electron chi connectivity index (χ3n) is 3.29. The van der Waals surface area contributed by atoms with Crippen LogP contribution in [-0.4, -0.2) is 41.1 Å². The average Bonchev–Trinajstić information content (AvgIpc) is 2.89. The number of carboxylic acid groups (broad SMARTS) is 1. The third-order valence-corrected chi connectivity index (χ3v) is 3.29. The smallest absolute Gasteiger partial charge is 0.305 e. The minimum atomic E-state index is -0.822. The second-order valence-corrected chi connectivity index (χ2v) is 4.75. The maximum absolute atomic E-state index is 11.0. The lowest BCUT2D eigenvalue weighted by molar-refractivity contribution is -0.138. The Morgan fingerprint density at radius 1 is 1.53 bits per heavy atom. The molecule has 1 atom stereocenters. The first-order valence-corrected chi connectivity index (χ1v) is 6.20. The van der Waals surface area contributed by atoms with E-state index in [1.165, 1.54) is 0 Å². The molecule has 1 fully saturated rings. The summed E-state index contributed by atoms with van der Waals surface area (Å²) in [6, 6.07) is 1.67. The molecule has 8 nitrogen and oxygen atoms in total. The monoisotopic (exact) mass is 262 g/mol. The molecule has 100 valence electrons. The summed E-state index contributed by atoms with van der Waals surface area (Å²) >= 11 is 0. The van der Waals surface area contributed by atoms with Crippen molar-refractivity contribution in [3.8, 4) is 0 Å². The van der Waals surface area contributed by atoms with Crippen molar-refractivity contribution in [2.24, 2.45) is 5.92 Å². The van der Waals surface area contributed by atoms with Crippen molar-refractivity contribution >= 4 is 5.97 Å². The van der Waals surface area contributed by atoms with Crippen LogP contribution in [0.1, 0.15) is 31.1 Å². The Morgan fingerprint density at radius 2 is 2.37 bits per heavy atom. The zero-order valence-corrected chi connectivity index (χ0v) is 10.3. The first kappa shape index (κ1) is 11.8. The van der Waals surface area contributed by atoms with E-state index in [1.807, 2.05) is 12.3 Å². The molecule has 2 aromatic rings. The van der Waals surface area contributed by atoms with E-state index in [1.54, 1.807) is 15.6 Å². The molecule has 0 amide bonds. The van der Waals surface area contributed by atoms with Crippen LogP contribution in [0, 0.1) is 5.92 Å². The van der Waals surface area contributed by atoms with E-state index in [-0.39, 0.29) is 12.5 Å². The van der Waals surface area contributed by atoms with Crippen molar-refractivity contribution in [3.05, 3.63) is 24.3 Å². The molecule has 1 saturated carbocycles. The Kier molecular flexibility index (Phi) is 2.98. The topological polar surface area (TPSA) is 98.7 Å². The van der Waals surface area contributed by atoms with E-state index in [9.17, 15) is 4.79 Å². The summed E-state index contributed by atoms with van der Waals surface area (Å²) in [4.78, 5) is 11.0. The van der Waals surface area contributed by atoms with Crippen LogP contribution >= 0.6 is 0 Å². The van der Waals surface area contributed by atoms with Gasteiger partial charge in [-0.1, -0.05) is 0 Å². The molecule has 1 N–H and O–H groups in total. The summed E-state index contributed by atoms with van der Waals surface area (Å²) in [7, 11) is 0. The van der Waals surface area contributed by atoms with Crippen LogP contribution in [0.25, 0.3) is 0 Å². The zero-order valence-electron chi connectivity index (χ0n) is 10.3. The molecular weight excluding hydrogens is 248 g/mol. The molecule has 0 radical (unpaired) electrons. The van der Waals surface area contributed by atoms with Crippen molar-refractivity contribution in [2.75, 3.05) is 0 Å². The highest BCUT2D eigenvalue weighted by Crippen LogP contribution is 2.41. The summed E-state index contributed by atoms with van der Waals surface area (Å²) in [6.07, 6.45) is 5.64. The molecule has 1 aliphatic rings. The van der Waals surface area contributed by atoms with Gasteiger partial charge >= 0.3 is 5.97 Å². The number of carbonyl (C=O) groups is 1. The Morgan fingerprint density at radius 3 is 3.00 bits per heavy atom. The number of aliphatic carboxylic acids is 1. The SMILES string of the molecule is O=C(O)CC(C1CC1)n1nnnc1Cn1cccn1. The number of rotatable bonds is 6. The van der Waals surface area contributed by atoms with Gasteiger partial charge in [0.15, 0.2) is 5.82 Å². The van der Waals surface area contributed by atoms with Gasteiger partial charge in [-0.3, -0.25) is 9.48 Å².